The minimum atomic E-state index is 0.965. The van der Waals surface area contributed by atoms with Gasteiger partial charge in [-0.05, 0) is 11.8 Å². The summed E-state index contributed by atoms with van der Waals surface area (Å²) in [5.41, 5.74) is 0. The second-order valence-corrected chi connectivity index (χ2v) is 6.49. The third-order valence-electron chi connectivity index (χ3n) is 4.24. The molecule has 0 spiro atoms. The summed E-state index contributed by atoms with van der Waals surface area (Å²) in [5.74, 6) is 1.93. The molecule has 0 fully saturated rings. The molecule has 18 heavy (non-hydrogen) atoms. The van der Waals surface area contributed by atoms with Gasteiger partial charge in [0.2, 0.25) is 0 Å². The summed E-state index contributed by atoms with van der Waals surface area (Å²) >= 11 is 0. The average Bonchev–Trinajstić information content (AvgIpc) is 2.36. The second kappa shape index (κ2) is 13.4. The van der Waals surface area contributed by atoms with Crippen LogP contribution < -0.4 is 0 Å². The third-order valence-corrected chi connectivity index (χ3v) is 4.24. The molecule has 0 heterocycles. The lowest BCUT2D eigenvalue weighted by atomic mass is 9.94. The summed E-state index contributed by atoms with van der Waals surface area (Å²) < 4.78 is 0. The fourth-order valence-electron chi connectivity index (χ4n) is 2.75. The molecule has 0 aliphatic carbocycles. The summed E-state index contributed by atoms with van der Waals surface area (Å²) in [6.07, 6.45) is 17.3. The van der Waals surface area contributed by atoms with Gasteiger partial charge in [0.1, 0.15) is 0 Å². The molecule has 0 radical (unpaired) electrons. The topological polar surface area (TPSA) is 0 Å². The van der Waals surface area contributed by atoms with Gasteiger partial charge in [-0.2, -0.15) is 0 Å². The fraction of sp³-hybridized carbons (Fsp3) is 1.00. The summed E-state index contributed by atoms with van der Waals surface area (Å²) in [6, 6.07) is 0. The lowest BCUT2D eigenvalue weighted by Gasteiger charge is -2.12. The van der Waals surface area contributed by atoms with Crippen LogP contribution in [0.3, 0.4) is 0 Å². The monoisotopic (exact) mass is 254 g/mol. The number of unbranched alkanes of at least 4 members (excludes halogenated alkanes) is 5. The van der Waals surface area contributed by atoms with Crippen molar-refractivity contribution in [2.45, 2.75) is 105 Å². The van der Waals surface area contributed by atoms with Gasteiger partial charge >= 0.3 is 0 Å². The quantitative estimate of drug-likeness (QED) is 0.311. The molecule has 0 saturated heterocycles. The Hall–Kier alpha value is 0. The van der Waals surface area contributed by atoms with E-state index < -0.39 is 0 Å². The Morgan fingerprint density at radius 1 is 0.500 bits per heavy atom. The van der Waals surface area contributed by atoms with Gasteiger partial charge in [0, 0.05) is 0 Å². The summed E-state index contributed by atoms with van der Waals surface area (Å²) in [4.78, 5) is 0. The van der Waals surface area contributed by atoms with Crippen molar-refractivity contribution in [2.24, 2.45) is 11.8 Å². The van der Waals surface area contributed by atoms with Crippen molar-refractivity contribution >= 4 is 0 Å². The van der Waals surface area contributed by atoms with Crippen LogP contribution in [0, 0.1) is 11.8 Å². The number of rotatable bonds is 13. The Labute approximate surface area is 117 Å². The smallest absolute Gasteiger partial charge is 0.0443 e. The van der Waals surface area contributed by atoms with Crippen molar-refractivity contribution in [3.05, 3.63) is 0 Å². The van der Waals surface area contributed by atoms with Gasteiger partial charge in [-0.25, -0.2) is 0 Å². The van der Waals surface area contributed by atoms with E-state index in [2.05, 4.69) is 27.7 Å². The molecule has 0 aromatic carbocycles. The molecule has 0 N–H and O–H groups in total. The largest absolute Gasteiger partial charge is 0.0654 e. The molecule has 0 saturated carbocycles. The molecule has 0 bridgehead atoms. The summed E-state index contributed by atoms with van der Waals surface area (Å²) in [6.45, 7) is 9.47. The van der Waals surface area contributed by atoms with Crippen molar-refractivity contribution in [1.82, 2.24) is 0 Å². The standard InChI is InChI=1S/C18H38/c1-5-7-10-14-18(4)16-12-9-11-15-17(3)13-8-6-2/h17-18H,5-16H2,1-4H3. The molecule has 0 aliphatic heterocycles. The first-order chi connectivity index (χ1) is 8.70. The van der Waals surface area contributed by atoms with Gasteiger partial charge in [0.05, 0.1) is 0 Å². The Morgan fingerprint density at radius 2 is 0.889 bits per heavy atom. The molecule has 0 heteroatoms. The Bertz CT molecular complexity index is 150. The van der Waals surface area contributed by atoms with Gasteiger partial charge in [-0.15, -0.1) is 0 Å². The van der Waals surface area contributed by atoms with E-state index in [4.69, 9.17) is 0 Å². The maximum atomic E-state index is 2.44. The highest BCUT2D eigenvalue weighted by atomic mass is 14.1. The molecule has 0 aromatic rings. The molecule has 110 valence electrons. The predicted molar refractivity (Wildman–Crippen MR) is 85.1 cm³/mol. The van der Waals surface area contributed by atoms with Crippen LogP contribution in [-0.4, -0.2) is 0 Å². The van der Waals surface area contributed by atoms with Crippen LogP contribution in [0.5, 0.6) is 0 Å². The Morgan fingerprint density at radius 3 is 1.33 bits per heavy atom. The first kappa shape index (κ1) is 18.0. The molecular formula is C18H38. The van der Waals surface area contributed by atoms with E-state index in [-0.39, 0.29) is 0 Å². The van der Waals surface area contributed by atoms with Crippen molar-refractivity contribution < 1.29 is 0 Å². The molecule has 2 unspecified atom stereocenters. The van der Waals surface area contributed by atoms with E-state index in [0.29, 0.717) is 0 Å². The first-order valence-corrected chi connectivity index (χ1v) is 8.70. The van der Waals surface area contributed by atoms with Gasteiger partial charge < -0.3 is 0 Å². The highest BCUT2D eigenvalue weighted by molar-refractivity contribution is 4.57. The minimum Gasteiger partial charge on any atom is -0.0654 e. The lowest BCUT2D eigenvalue weighted by Crippen LogP contribution is -1.97. The van der Waals surface area contributed by atoms with Gasteiger partial charge in [-0.3, -0.25) is 0 Å². The fourth-order valence-corrected chi connectivity index (χ4v) is 2.75. The maximum Gasteiger partial charge on any atom is -0.0443 e. The molecule has 0 nitrogen and oxygen atoms in total. The van der Waals surface area contributed by atoms with Crippen LogP contribution in [0.25, 0.3) is 0 Å². The summed E-state index contributed by atoms with van der Waals surface area (Å²) in [5, 5.41) is 0. The molecule has 0 aliphatic rings. The highest BCUT2D eigenvalue weighted by Gasteiger charge is 2.03. The van der Waals surface area contributed by atoms with Gasteiger partial charge in [-0.1, -0.05) is 105 Å². The van der Waals surface area contributed by atoms with E-state index in [1.165, 1.54) is 77.0 Å². The third kappa shape index (κ3) is 12.5. The van der Waals surface area contributed by atoms with E-state index in [9.17, 15) is 0 Å². The van der Waals surface area contributed by atoms with Crippen molar-refractivity contribution in [2.75, 3.05) is 0 Å². The normalized spacial score (nSPS) is 14.7. The average molecular weight is 255 g/mol. The maximum absolute atomic E-state index is 2.44. The van der Waals surface area contributed by atoms with Crippen LogP contribution in [0.1, 0.15) is 105 Å². The van der Waals surface area contributed by atoms with Crippen molar-refractivity contribution in [3.8, 4) is 0 Å². The molecule has 0 aromatic heterocycles. The van der Waals surface area contributed by atoms with Crippen molar-refractivity contribution in [1.29, 1.82) is 0 Å². The van der Waals surface area contributed by atoms with E-state index in [1.807, 2.05) is 0 Å². The molecule has 0 rings (SSSR count). The van der Waals surface area contributed by atoms with E-state index in [0.717, 1.165) is 11.8 Å². The zero-order valence-corrected chi connectivity index (χ0v) is 13.6. The van der Waals surface area contributed by atoms with E-state index >= 15 is 0 Å². The SMILES string of the molecule is CCCCCC(C)CCCCCC(C)CCCC. The van der Waals surface area contributed by atoms with Crippen LogP contribution in [0.2, 0.25) is 0 Å². The predicted octanol–water partition coefficient (Wildman–Crippen LogP) is 6.98. The van der Waals surface area contributed by atoms with Gasteiger partial charge in [0.15, 0.2) is 0 Å². The minimum absolute atomic E-state index is 0.965. The zero-order valence-electron chi connectivity index (χ0n) is 13.6. The second-order valence-electron chi connectivity index (χ2n) is 6.49. The molecular weight excluding hydrogens is 216 g/mol. The Balaban J connectivity index is 3.23. The van der Waals surface area contributed by atoms with Crippen LogP contribution >= 0.6 is 0 Å². The van der Waals surface area contributed by atoms with Crippen LogP contribution in [0.4, 0.5) is 0 Å². The first-order valence-electron chi connectivity index (χ1n) is 8.70. The van der Waals surface area contributed by atoms with Gasteiger partial charge in [0.25, 0.3) is 0 Å². The summed E-state index contributed by atoms with van der Waals surface area (Å²) in [7, 11) is 0. The highest BCUT2D eigenvalue weighted by Crippen LogP contribution is 2.19. The number of hydrogen-bond acceptors (Lipinski definition) is 0. The molecule has 0 amide bonds. The van der Waals surface area contributed by atoms with Crippen molar-refractivity contribution in [3.63, 3.8) is 0 Å². The zero-order chi connectivity index (χ0) is 13.6. The lowest BCUT2D eigenvalue weighted by molar-refractivity contribution is 0.413. The number of hydrogen-bond donors (Lipinski definition) is 0. The Kier molecular flexibility index (Phi) is 13.4. The van der Waals surface area contributed by atoms with E-state index in [1.54, 1.807) is 0 Å². The molecule has 2 atom stereocenters. The van der Waals surface area contributed by atoms with Crippen LogP contribution in [-0.2, 0) is 0 Å². The van der Waals surface area contributed by atoms with Crippen LogP contribution in [0.15, 0.2) is 0 Å².